The first-order chi connectivity index (χ1) is 7.40. The number of ether oxygens (including phenoxy) is 1. The lowest BCUT2D eigenvalue weighted by Crippen LogP contribution is -2.47. The molecule has 1 aliphatic carbocycles. The summed E-state index contributed by atoms with van der Waals surface area (Å²) in [7, 11) is 1.40. The molecule has 1 rings (SSSR count). The highest BCUT2D eigenvalue weighted by molar-refractivity contribution is 5.74. The van der Waals surface area contributed by atoms with Gasteiger partial charge in [-0.15, -0.1) is 0 Å². The molecule has 0 heterocycles. The van der Waals surface area contributed by atoms with Crippen LogP contribution in [0.4, 0.5) is 0 Å². The van der Waals surface area contributed by atoms with E-state index in [0.29, 0.717) is 18.8 Å². The summed E-state index contributed by atoms with van der Waals surface area (Å²) in [5, 5.41) is 10.6. The maximum atomic E-state index is 11.8. The Morgan fingerprint density at radius 3 is 2.25 bits per heavy atom. The van der Waals surface area contributed by atoms with E-state index in [4.69, 9.17) is 4.74 Å². The molecule has 3 nitrogen and oxygen atoms in total. The molecule has 1 atom stereocenters. The van der Waals surface area contributed by atoms with E-state index in [1.165, 1.54) is 7.11 Å². The minimum atomic E-state index is -0.853. The van der Waals surface area contributed by atoms with Crippen molar-refractivity contribution >= 4 is 5.97 Å². The third-order valence-corrected chi connectivity index (χ3v) is 3.84. The van der Waals surface area contributed by atoms with E-state index in [1.807, 2.05) is 13.8 Å². The van der Waals surface area contributed by atoms with Crippen molar-refractivity contribution in [1.29, 1.82) is 0 Å². The molecule has 0 aromatic rings. The Bertz CT molecular complexity index is 240. The van der Waals surface area contributed by atoms with E-state index in [1.54, 1.807) is 0 Å². The maximum Gasteiger partial charge on any atom is 0.311 e. The lowest BCUT2D eigenvalue weighted by Gasteiger charge is -2.41. The zero-order chi connectivity index (χ0) is 12.3. The summed E-state index contributed by atoms with van der Waals surface area (Å²) in [6.07, 6.45) is 3.42. The van der Waals surface area contributed by atoms with Gasteiger partial charge in [0.25, 0.3) is 0 Å². The van der Waals surface area contributed by atoms with Crippen molar-refractivity contribution in [2.24, 2.45) is 17.8 Å². The summed E-state index contributed by atoms with van der Waals surface area (Å²) < 4.78 is 4.82. The second kappa shape index (κ2) is 5.17. The molecule has 0 saturated heterocycles. The molecule has 0 bridgehead atoms. The van der Waals surface area contributed by atoms with Gasteiger partial charge in [-0.25, -0.2) is 0 Å². The van der Waals surface area contributed by atoms with Crippen molar-refractivity contribution in [3.05, 3.63) is 0 Å². The Kier molecular flexibility index (Phi) is 4.36. The summed E-state index contributed by atoms with van der Waals surface area (Å²) in [6.45, 7) is 6.14. The topological polar surface area (TPSA) is 46.5 Å². The van der Waals surface area contributed by atoms with Crippen molar-refractivity contribution < 1.29 is 14.6 Å². The van der Waals surface area contributed by atoms with Crippen LogP contribution in [0.15, 0.2) is 0 Å². The van der Waals surface area contributed by atoms with Crippen molar-refractivity contribution in [3.8, 4) is 0 Å². The van der Waals surface area contributed by atoms with Crippen molar-refractivity contribution in [2.75, 3.05) is 7.11 Å². The van der Waals surface area contributed by atoms with Crippen LogP contribution in [0.25, 0.3) is 0 Å². The van der Waals surface area contributed by atoms with Crippen LogP contribution in [0.5, 0.6) is 0 Å². The lowest BCUT2D eigenvalue weighted by molar-refractivity contribution is -0.163. The number of carbonyl (C=O) groups excluding carboxylic acids is 1. The first-order valence-electron chi connectivity index (χ1n) is 6.21. The average Bonchev–Trinajstić information content (AvgIpc) is 2.22. The zero-order valence-electron chi connectivity index (χ0n) is 10.8. The second-order valence-corrected chi connectivity index (χ2v) is 5.53. The largest absolute Gasteiger partial charge is 0.469 e. The molecule has 1 unspecified atom stereocenters. The van der Waals surface area contributed by atoms with Crippen LogP contribution < -0.4 is 0 Å². The number of hydrogen-bond donors (Lipinski definition) is 1. The normalized spacial score (nSPS) is 32.5. The summed E-state index contributed by atoms with van der Waals surface area (Å²) in [4.78, 5) is 11.8. The fraction of sp³-hybridized carbons (Fsp3) is 0.923. The molecule has 16 heavy (non-hydrogen) atoms. The molecule has 1 fully saturated rings. The van der Waals surface area contributed by atoms with Gasteiger partial charge in [0.1, 0.15) is 0 Å². The van der Waals surface area contributed by atoms with Crippen molar-refractivity contribution in [3.63, 3.8) is 0 Å². The standard InChI is InChI=1S/C13H24O3/c1-9(2)11(12(14)16-4)13(15)7-5-10(3)6-8-13/h9-11,15H,5-8H2,1-4H3. The second-order valence-electron chi connectivity index (χ2n) is 5.53. The highest BCUT2D eigenvalue weighted by atomic mass is 16.5. The summed E-state index contributed by atoms with van der Waals surface area (Å²) >= 11 is 0. The molecule has 1 N–H and O–H groups in total. The number of methoxy groups -OCH3 is 1. The number of hydrogen-bond acceptors (Lipinski definition) is 3. The van der Waals surface area contributed by atoms with Gasteiger partial charge in [-0.2, -0.15) is 0 Å². The summed E-state index contributed by atoms with van der Waals surface area (Å²) in [5.74, 6) is 0.119. The molecule has 0 aromatic carbocycles. The Hall–Kier alpha value is -0.570. The maximum absolute atomic E-state index is 11.8. The van der Waals surface area contributed by atoms with E-state index in [9.17, 15) is 9.90 Å². The molecule has 0 aromatic heterocycles. The van der Waals surface area contributed by atoms with Crippen LogP contribution in [0.2, 0.25) is 0 Å². The third kappa shape index (κ3) is 2.76. The van der Waals surface area contributed by atoms with Gasteiger partial charge in [-0.3, -0.25) is 4.79 Å². The highest BCUT2D eigenvalue weighted by Crippen LogP contribution is 2.40. The van der Waals surface area contributed by atoms with Gasteiger partial charge >= 0.3 is 5.97 Å². The van der Waals surface area contributed by atoms with Gasteiger partial charge < -0.3 is 9.84 Å². The third-order valence-electron chi connectivity index (χ3n) is 3.84. The number of carbonyl (C=O) groups is 1. The molecular formula is C13H24O3. The Morgan fingerprint density at radius 2 is 1.88 bits per heavy atom. The van der Waals surface area contributed by atoms with Gasteiger partial charge in [0.05, 0.1) is 18.6 Å². The van der Waals surface area contributed by atoms with Gasteiger partial charge in [-0.05, 0) is 37.5 Å². The Morgan fingerprint density at radius 1 is 1.38 bits per heavy atom. The summed E-state index contributed by atoms with van der Waals surface area (Å²) in [6, 6.07) is 0. The van der Waals surface area contributed by atoms with Crippen molar-refractivity contribution in [2.45, 2.75) is 52.1 Å². The summed E-state index contributed by atoms with van der Waals surface area (Å²) in [5.41, 5.74) is -0.853. The number of rotatable bonds is 3. The zero-order valence-corrected chi connectivity index (χ0v) is 10.8. The Labute approximate surface area is 98.2 Å². The minimum Gasteiger partial charge on any atom is -0.469 e. The van der Waals surface area contributed by atoms with E-state index < -0.39 is 5.60 Å². The van der Waals surface area contributed by atoms with Crippen LogP contribution in [0.1, 0.15) is 46.5 Å². The molecule has 94 valence electrons. The predicted octanol–water partition coefficient (Wildman–Crippen LogP) is 2.37. The first kappa shape index (κ1) is 13.5. The SMILES string of the molecule is COC(=O)C(C(C)C)C1(O)CCC(C)CC1. The molecule has 3 heteroatoms. The van der Waals surface area contributed by atoms with E-state index >= 15 is 0 Å². The van der Waals surface area contributed by atoms with Crippen LogP contribution in [-0.2, 0) is 9.53 Å². The molecule has 1 aliphatic rings. The molecule has 0 spiro atoms. The molecule has 0 aliphatic heterocycles. The van der Waals surface area contributed by atoms with Crippen LogP contribution in [0.3, 0.4) is 0 Å². The van der Waals surface area contributed by atoms with Gasteiger partial charge in [0.2, 0.25) is 0 Å². The molecular weight excluding hydrogens is 204 g/mol. The Balaban J connectivity index is 2.81. The van der Waals surface area contributed by atoms with E-state index in [2.05, 4.69) is 6.92 Å². The van der Waals surface area contributed by atoms with Gasteiger partial charge in [-0.1, -0.05) is 20.8 Å². The predicted molar refractivity (Wildman–Crippen MR) is 62.9 cm³/mol. The number of aliphatic hydroxyl groups is 1. The van der Waals surface area contributed by atoms with Crippen LogP contribution in [-0.4, -0.2) is 23.8 Å². The minimum absolute atomic E-state index is 0.117. The molecule has 0 radical (unpaired) electrons. The smallest absolute Gasteiger partial charge is 0.311 e. The van der Waals surface area contributed by atoms with Crippen molar-refractivity contribution in [1.82, 2.24) is 0 Å². The lowest BCUT2D eigenvalue weighted by atomic mass is 9.69. The van der Waals surface area contributed by atoms with Crippen LogP contribution >= 0.6 is 0 Å². The van der Waals surface area contributed by atoms with Gasteiger partial charge in [0.15, 0.2) is 0 Å². The molecule has 0 amide bonds. The quantitative estimate of drug-likeness (QED) is 0.754. The fourth-order valence-electron chi connectivity index (χ4n) is 2.81. The fourth-order valence-corrected chi connectivity index (χ4v) is 2.81. The highest BCUT2D eigenvalue weighted by Gasteiger charge is 2.45. The van der Waals surface area contributed by atoms with E-state index in [0.717, 1.165) is 12.8 Å². The first-order valence-corrected chi connectivity index (χ1v) is 6.21. The van der Waals surface area contributed by atoms with Gasteiger partial charge in [0, 0.05) is 0 Å². The molecule has 1 saturated carbocycles. The monoisotopic (exact) mass is 228 g/mol. The number of esters is 1. The average molecular weight is 228 g/mol. The van der Waals surface area contributed by atoms with Crippen LogP contribution in [0, 0.1) is 17.8 Å². The van der Waals surface area contributed by atoms with E-state index in [-0.39, 0.29) is 17.8 Å².